The molecule has 37 heavy (non-hydrogen) atoms. The summed E-state index contributed by atoms with van der Waals surface area (Å²) in [5, 5.41) is 0.508. The summed E-state index contributed by atoms with van der Waals surface area (Å²) in [6, 6.07) is 5.29. The van der Waals surface area contributed by atoms with Crippen LogP contribution in [-0.4, -0.2) is 62.1 Å². The number of hydrogen-bond acceptors (Lipinski definition) is 6. The van der Waals surface area contributed by atoms with Crippen LogP contribution < -0.4 is 4.90 Å². The molecule has 2 amide bonds. The van der Waals surface area contributed by atoms with E-state index >= 15 is 0 Å². The second-order valence-electron chi connectivity index (χ2n) is 9.48. The number of amides is 2. The van der Waals surface area contributed by atoms with Gasteiger partial charge in [-0.15, -0.1) is 11.3 Å². The van der Waals surface area contributed by atoms with Gasteiger partial charge in [-0.05, 0) is 51.5 Å². The number of rotatable bonds is 6. The lowest BCUT2D eigenvalue weighted by Crippen LogP contribution is -2.53. The lowest BCUT2D eigenvalue weighted by atomic mass is 9.98. The molecule has 1 fully saturated rings. The molecule has 0 N–H and O–H groups in total. The number of carbonyl (C=O) groups is 3. The molecule has 0 bridgehead atoms. The molecule has 2 aromatic rings. The second-order valence-corrected chi connectivity index (χ2v) is 11.4. The van der Waals surface area contributed by atoms with Crippen LogP contribution in [0.4, 0.5) is 5.69 Å². The van der Waals surface area contributed by atoms with Crippen molar-refractivity contribution in [3.8, 4) is 11.8 Å². The first-order valence-electron chi connectivity index (χ1n) is 11.9. The average molecular weight is 566 g/mol. The number of methoxy groups -OCH3 is 1. The Hall–Kier alpha value is -2.57. The molecule has 198 valence electrons. The van der Waals surface area contributed by atoms with Gasteiger partial charge >= 0.3 is 5.97 Å². The SMILES string of the molecule is CCC(C(=O)N1CCOCC1)N(C(=O)c1ccc(Cl)cc1Cl)c1cc(C#CC(C)(C)C)sc1C(=O)OC. The van der Waals surface area contributed by atoms with Gasteiger partial charge in [-0.25, -0.2) is 4.79 Å². The van der Waals surface area contributed by atoms with Crippen LogP contribution in [0.5, 0.6) is 0 Å². The molecule has 1 atom stereocenters. The summed E-state index contributed by atoms with van der Waals surface area (Å²) in [6.45, 7) is 9.39. The number of benzene rings is 1. The van der Waals surface area contributed by atoms with Gasteiger partial charge in [0.15, 0.2) is 0 Å². The van der Waals surface area contributed by atoms with Crippen molar-refractivity contribution >= 4 is 58.0 Å². The Morgan fingerprint density at radius 3 is 2.43 bits per heavy atom. The first-order chi connectivity index (χ1) is 17.5. The summed E-state index contributed by atoms with van der Waals surface area (Å²) < 4.78 is 10.4. The van der Waals surface area contributed by atoms with Crippen molar-refractivity contribution in [1.82, 2.24) is 4.90 Å². The molecule has 1 aromatic carbocycles. The lowest BCUT2D eigenvalue weighted by Gasteiger charge is -2.36. The molecule has 0 radical (unpaired) electrons. The van der Waals surface area contributed by atoms with Gasteiger partial charge in [0, 0.05) is 23.5 Å². The third kappa shape index (κ3) is 7.05. The molecule has 7 nitrogen and oxygen atoms in total. The highest BCUT2D eigenvalue weighted by atomic mass is 35.5. The molecule has 0 spiro atoms. The summed E-state index contributed by atoms with van der Waals surface area (Å²) in [4.78, 5) is 44.4. The minimum Gasteiger partial charge on any atom is -0.465 e. The van der Waals surface area contributed by atoms with E-state index in [-0.39, 0.29) is 32.5 Å². The summed E-state index contributed by atoms with van der Waals surface area (Å²) >= 11 is 13.6. The average Bonchev–Trinajstić information content (AvgIpc) is 3.28. The van der Waals surface area contributed by atoms with E-state index in [1.165, 1.54) is 24.1 Å². The highest BCUT2D eigenvalue weighted by Gasteiger charge is 2.37. The van der Waals surface area contributed by atoms with Crippen LogP contribution >= 0.6 is 34.5 Å². The molecule has 1 aromatic heterocycles. The molecule has 10 heteroatoms. The Morgan fingerprint density at radius 2 is 1.86 bits per heavy atom. The van der Waals surface area contributed by atoms with E-state index in [2.05, 4.69) is 11.8 Å². The van der Waals surface area contributed by atoms with Crippen LogP contribution in [0.3, 0.4) is 0 Å². The van der Waals surface area contributed by atoms with Crippen LogP contribution in [0.2, 0.25) is 10.0 Å². The fourth-order valence-electron chi connectivity index (χ4n) is 3.78. The van der Waals surface area contributed by atoms with E-state index in [0.29, 0.717) is 42.6 Å². The summed E-state index contributed by atoms with van der Waals surface area (Å²) in [5.41, 5.74) is 0.128. The second kappa shape index (κ2) is 12.3. The number of anilines is 1. The van der Waals surface area contributed by atoms with Gasteiger partial charge in [-0.2, -0.15) is 0 Å². The summed E-state index contributed by atoms with van der Waals surface area (Å²) in [5.74, 6) is 4.84. The largest absolute Gasteiger partial charge is 0.465 e. The predicted octanol–water partition coefficient (Wildman–Crippen LogP) is 5.52. The molecule has 1 aliphatic rings. The van der Waals surface area contributed by atoms with E-state index in [4.69, 9.17) is 32.7 Å². The van der Waals surface area contributed by atoms with E-state index in [0.717, 1.165) is 11.3 Å². The zero-order valence-electron chi connectivity index (χ0n) is 21.5. The van der Waals surface area contributed by atoms with E-state index in [1.807, 2.05) is 27.7 Å². The zero-order chi connectivity index (χ0) is 27.3. The molecular weight excluding hydrogens is 535 g/mol. The number of esters is 1. The Labute approximate surface area is 231 Å². The maximum Gasteiger partial charge on any atom is 0.350 e. The van der Waals surface area contributed by atoms with Crippen molar-refractivity contribution < 1.29 is 23.9 Å². The van der Waals surface area contributed by atoms with Crippen LogP contribution in [-0.2, 0) is 14.3 Å². The maximum atomic E-state index is 14.1. The van der Waals surface area contributed by atoms with Crippen LogP contribution in [0, 0.1) is 17.3 Å². The normalized spacial score (nSPS) is 14.4. The van der Waals surface area contributed by atoms with Crippen molar-refractivity contribution in [2.45, 2.75) is 40.2 Å². The monoisotopic (exact) mass is 564 g/mol. The number of thiophene rings is 1. The third-order valence-corrected chi connectivity index (χ3v) is 7.16. The van der Waals surface area contributed by atoms with E-state index < -0.39 is 17.9 Å². The Kier molecular flexibility index (Phi) is 9.65. The Bertz CT molecular complexity index is 1240. The number of morpholine rings is 1. The summed E-state index contributed by atoms with van der Waals surface area (Å²) in [6.07, 6.45) is 0.298. The van der Waals surface area contributed by atoms with E-state index in [1.54, 1.807) is 17.0 Å². The van der Waals surface area contributed by atoms with Gasteiger partial charge in [0.05, 0.1) is 41.5 Å². The van der Waals surface area contributed by atoms with Crippen LogP contribution in [0.1, 0.15) is 59.0 Å². The Morgan fingerprint density at radius 1 is 1.19 bits per heavy atom. The quantitative estimate of drug-likeness (QED) is 0.341. The number of halogens is 2. The first-order valence-corrected chi connectivity index (χ1v) is 13.4. The molecular formula is C27H30Cl2N2O5S. The van der Waals surface area contributed by atoms with Crippen molar-refractivity contribution in [1.29, 1.82) is 0 Å². The Balaban J connectivity index is 2.21. The van der Waals surface area contributed by atoms with Crippen molar-refractivity contribution in [3.63, 3.8) is 0 Å². The first kappa shape index (κ1) is 29.0. The molecule has 1 aliphatic heterocycles. The summed E-state index contributed by atoms with van der Waals surface area (Å²) in [7, 11) is 1.27. The fourth-order valence-corrected chi connectivity index (χ4v) is 5.19. The van der Waals surface area contributed by atoms with E-state index in [9.17, 15) is 14.4 Å². The van der Waals surface area contributed by atoms with Gasteiger partial charge in [0.1, 0.15) is 10.9 Å². The molecule has 0 aliphatic carbocycles. The number of ether oxygens (including phenoxy) is 2. The lowest BCUT2D eigenvalue weighted by molar-refractivity contribution is -0.136. The van der Waals surface area contributed by atoms with Crippen LogP contribution in [0.25, 0.3) is 0 Å². The minimum atomic E-state index is -0.904. The number of hydrogen-bond donors (Lipinski definition) is 0. The highest BCUT2D eigenvalue weighted by molar-refractivity contribution is 7.15. The van der Waals surface area contributed by atoms with Gasteiger partial charge in [0.2, 0.25) is 5.91 Å². The number of nitrogens with zero attached hydrogens (tertiary/aromatic N) is 2. The molecule has 2 heterocycles. The highest BCUT2D eigenvalue weighted by Crippen LogP contribution is 2.36. The predicted molar refractivity (Wildman–Crippen MR) is 147 cm³/mol. The standard InChI is InChI=1S/C27H30Cl2N2O5S/c1-6-21(25(33)30-11-13-36-14-12-30)31(24(32)19-8-7-17(28)15-20(19)29)22-16-18(9-10-27(2,3)4)37-23(22)26(34)35-5/h7-8,15-16,21H,6,11-14H2,1-5H3. The minimum absolute atomic E-state index is 0.138. The van der Waals surface area contributed by atoms with Gasteiger partial charge in [-0.1, -0.05) is 42.0 Å². The molecule has 0 saturated carbocycles. The van der Waals surface area contributed by atoms with Gasteiger partial charge in [0.25, 0.3) is 5.91 Å². The maximum absolute atomic E-state index is 14.1. The van der Waals surface area contributed by atoms with Gasteiger partial charge in [-0.3, -0.25) is 14.5 Å². The van der Waals surface area contributed by atoms with Crippen molar-refractivity contribution in [3.05, 3.63) is 49.6 Å². The fraction of sp³-hybridized carbons (Fsp3) is 0.444. The smallest absolute Gasteiger partial charge is 0.350 e. The topological polar surface area (TPSA) is 76.2 Å². The molecule has 1 saturated heterocycles. The molecule has 3 rings (SSSR count). The third-order valence-electron chi connectivity index (χ3n) is 5.59. The molecule has 1 unspecified atom stereocenters. The van der Waals surface area contributed by atoms with Crippen LogP contribution in [0.15, 0.2) is 24.3 Å². The zero-order valence-corrected chi connectivity index (χ0v) is 23.9. The van der Waals surface area contributed by atoms with Crippen molar-refractivity contribution in [2.24, 2.45) is 5.41 Å². The van der Waals surface area contributed by atoms with Gasteiger partial charge < -0.3 is 14.4 Å². The number of carbonyl (C=O) groups excluding carboxylic acids is 3. The van der Waals surface area contributed by atoms with Crippen molar-refractivity contribution in [2.75, 3.05) is 38.3 Å².